The van der Waals surface area contributed by atoms with Gasteiger partial charge in [-0.2, -0.15) is 5.10 Å². The van der Waals surface area contributed by atoms with Crippen molar-refractivity contribution < 1.29 is 4.79 Å². The van der Waals surface area contributed by atoms with Crippen LogP contribution in [-0.2, 0) is 0 Å². The van der Waals surface area contributed by atoms with Crippen LogP contribution >= 0.6 is 11.3 Å². The lowest BCUT2D eigenvalue weighted by atomic mass is 10.1. The van der Waals surface area contributed by atoms with E-state index < -0.39 is 0 Å². The van der Waals surface area contributed by atoms with E-state index in [1.807, 2.05) is 13.8 Å². The van der Waals surface area contributed by atoms with Crippen LogP contribution in [0.2, 0.25) is 0 Å². The maximum Gasteiger partial charge on any atom is 0.263 e. The molecule has 0 aliphatic heterocycles. The first kappa shape index (κ1) is 15.7. The zero-order valence-electron chi connectivity index (χ0n) is 12.6. The molecule has 0 radical (unpaired) electrons. The normalized spacial score (nSPS) is 11.0. The summed E-state index contributed by atoms with van der Waals surface area (Å²) in [4.78, 5) is 13.5. The molecule has 0 aliphatic rings. The molecule has 114 valence electrons. The number of carbonyl (C=O) groups excluding carboxylic acids is 1. The number of aryl methyl sites for hydroxylation is 2. The lowest BCUT2D eigenvalue weighted by Gasteiger charge is -2.05. The highest BCUT2D eigenvalue weighted by atomic mass is 32.1. The molecule has 0 aromatic carbocycles. The van der Waals surface area contributed by atoms with Gasteiger partial charge in [0, 0.05) is 11.9 Å². The molecule has 4 N–H and O–H groups in total. The summed E-state index contributed by atoms with van der Waals surface area (Å²) in [7, 11) is 0. The first-order chi connectivity index (χ1) is 10.1. The summed E-state index contributed by atoms with van der Waals surface area (Å²) < 4.78 is 0. The van der Waals surface area contributed by atoms with Crippen molar-refractivity contribution in [3.8, 4) is 0 Å². The van der Waals surface area contributed by atoms with E-state index in [1.165, 1.54) is 11.3 Å². The van der Waals surface area contributed by atoms with E-state index in [0.29, 0.717) is 21.9 Å². The highest BCUT2D eigenvalue weighted by Crippen LogP contribution is 2.34. The quantitative estimate of drug-likeness (QED) is 0.705. The fourth-order valence-corrected chi connectivity index (χ4v) is 3.10. The number of hydrogen-bond donors (Lipinski definition) is 3. The fraction of sp³-hybridized carbons (Fsp3) is 0.500. The minimum atomic E-state index is -0.135. The van der Waals surface area contributed by atoms with Gasteiger partial charge in [0.15, 0.2) is 0 Å². The molecule has 2 heterocycles. The number of amides is 1. The van der Waals surface area contributed by atoms with E-state index in [9.17, 15) is 4.79 Å². The topological polar surface area (TPSA) is 92.9 Å². The summed E-state index contributed by atoms with van der Waals surface area (Å²) in [6.45, 7) is 8.36. The minimum absolute atomic E-state index is 0.135. The largest absolute Gasteiger partial charge is 0.397 e. The molecule has 6 nitrogen and oxygen atoms in total. The first-order valence-corrected chi connectivity index (χ1v) is 7.88. The smallest absolute Gasteiger partial charge is 0.263 e. The van der Waals surface area contributed by atoms with Gasteiger partial charge in [-0.25, -0.2) is 0 Å². The van der Waals surface area contributed by atoms with Gasteiger partial charge in [-0.15, -0.1) is 16.4 Å². The summed E-state index contributed by atoms with van der Waals surface area (Å²) in [6, 6.07) is 0. The second-order valence-corrected chi connectivity index (χ2v) is 5.90. The van der Waals surface area contributed by atoms with E-state index in [2.05, 4.69) is 27.8 Å². The molecule has 0 unspecified atom stereocenters. The molecular weight excluding hydrogens is 286 g/mol. The SMILES string of the molecule is CCNCCCNC(=O)c1sc2nnc(C)c(C)c2c1N. The van der Waals surface area contributed by atoms with Gasteiger partial charge >= 0.3 is 0 Å². The van der Waals surface area contributed by atoms with Gasteiger partial charge in [0.05, 0.1) is 11.4 Å². The lowest BCUT2D eigenvalue weighted by molar-refractivity contribution is 0.0958. The van der Waals surface area contributed by atoms with E-state index in [4.69, 9.17) is 5.73 Å². The van der Waals surface area contributed by atoms with Gasteiger partial charge in [-0.05, 0) is 38.9 Å². The third kappa shape index (κ3) is 3.30. The number of nitrogens with zero attached hydrogens (tertiary/aromatic N) is 2. The average molecular weight is 307 g/mol. The molecule has 0 fully saturated rings. The van der Waals surface area contributed by atoms with Crippen LogP contribution in [0.1, 0.15) is 34.3 Å². The Balaban J connectivity index is 2.13. The van der Waals surface area contributed by atoms with Gasteiger partial charge in [-0.1, -0.05) is 6.92 Å². The van der Waals surface area contributed by atoms with Crippen LogP contribution in [0.5, 0.6) is 0 Å². The Morgan fingerprint density at radius 2 is 2.05 bits per heavy atom. The summed E-state index contributed by atoms with van der Waals surface area (Å²) in [5.41, 5.74) is 8.46. The number of nitrogen functional groups attached to an aromatic ring is 1. The van der Waals surface area contributed by atoms with Crippen molar-refractivity contribution in [1.29, 1.82) is 0 Å². The van der Waals surface area contributed by atoms with Crippen LogP contribution in [0.15, 0.2) is 0 Å². The van der Waals surface area contributed by atoms with Crippen molar-refractivity contribution >= 4 is 33.1 Å². The number of aromatic nitrogens is 2. The molecule has 2 aromatic rings. The molecule has 21 heavy (non-hydrogen) atoms. The van der Waals surface area contributed by atoms with Gasteiger partial charge in [0.2, 0.25) is 0 Å². The van der Waals surface area contributed by atoms with E-state index >= 15 is 0 Å². The molecule has 0 bridgehead atoms. The van der Waals surface area contributed by atoms with Gasteiger partial charge in [-0.3, -0.25) is 4.79 Å². The summed E-state index contributed by atoms with van der Waals surface area (Å²) >= 11 is 1.30. The molecule has 2 rings (SSSR count). The molecule has 1 amide bonds. The van der Waals surface area contributed by atoms with Gasteiger partial charge < -0.3 is 16.4 Å². The van der Waals surface area contributed by atoms with Crippen molar-refractivity contribution in [2.24, 2.45) is 0 Å². The summed E-state index contributed by atoms with van der Waals surface area (Å²) in [5.74, 6) is -0.135. The summed E-state index contributed by atoms with van der Waals surface area (Å²) in [5, 5.41) is 15.2. The van der Waals surface area contributed by atoms with Crippen LogP contribution in [0, 0.1) is 13.8 Å². The number of carbonyl (C=O) groups is 1. The Hall–Kier alpha value is -1.73. The second-order valence-electron chi connectivity index (χ2n) is 4.90. The minimum Gasteiger partial charge on any atom is -0.397 e. The van der Waals surface area contributed by atoms with Crippen LogP contribution in [-0.4, -0.2) is 35.7 Å². The second kappa shape index (κ2) is 6.82. The Morgan fingerprint density at radius 3 is 2.76 bits per heavy atom. The molecular formula is C14H21N5OS. The average Bonchev–Trinajstić information content (AvgIpc) is 2.80. The molecule has 0 spiro atoms. The van der Waals surface area contributed by atoms with Crippen molar-refractivity contribution in [3.05, 3.63) is 16.1 Å². The number of nitrogens with one attached hydrogen (secondary N) is 2. The van der Waals surface area contributed by atoms with Crippen molar-refractivity contribution in [3.63, 3.8) is 0 Å². The molecule has 0 aliphatic carbocycles. The van der Waals surface area contributed by atoms with Crippen molar-refractivity contribution in [2.45, 2.75) is 27.2 Å². The monoisotopic (exact) mass is 307 g/mol. The van der Waals surface area contributed by atoms with Gasteiger partial charge in [0.1, 0.15) is 9.71 Å². The third-order valence-electron chi connectivity index (χ3n) is 3.41. The zero-order valence-corrected chi connectivity index (χ0v) is 13.4. The van der Waals surface area contributed by atoms with Crippen LogP contribution < -0.4 is 16.4 Å². The highest BCUT2D eigenvalue weighted by molar-refractivity contribution is 7.21. The number of nitrogens with two attached hydrogens (primary N) is 1. The maximum absolute atomic E-state index is 12.2. The molecule has 0 saturated heterocycles. The Morgan fingerprint density at radius 1 is 1.29 bits per heavy atom. The van der Waals surface area contributed by atoms with E-state index in [0.717, 1.165) is 36.2 Å². The van der Waals surface area contributed by atoms with Crippen LogP contribution in [0.25, 0.3) is 10.2 Å². The summed E-state index contributed by atoms with van der Waals surface area (Å²) in [6.07, 6.45) is 0.891. The standard InChI is InChI=1S/C14H21N5OS/c1-4-16-6-5-7-17-13(20)12-11(15)10-8(2)9(3)18-19-14(10)21-12/h16H,4-7,15H2,1-3H3,(H,17,20). The molecule has 7 heteroatoms. The fourth-order valence-electron chi connectivity index (χ4n) is 2.08. The predicted molar refractivity (Wildman–Crippen MR) is 86.8 cm³/mol. The Kier molecular flexibility index (Phi) is 5.08. The lowest BCUT2D eigenvalue weighted by Crippen LogP contribution is -2.27. The molecule has 0 saturated carbocycles. The maximum atomic E-state index is 12.2. The predicted octanol–water partition coefficient (Wildman–Crippen LogP) is 1.62. The highest BCUT2D eigenvalue weighted by Gasteiger charge is 2.19. The number of thiophene rings is 1. The first-order valence-electron chi connectivity index (χ1n) is 7.07. The molecule has 2 aromatic heterocycles. The Labute approximate surface area is 128 Å². The Bertz CT molecular complexity index is 652. The third-order valence-corrected chi connectivity index (χ3v) is 4.50. The van der Waals surface area contributed by atoms with Crippen LogP contribution in [0.3, 0.4) is 0 Å². The number of fused-ring (bicyclic) bond motifs is 1. The van der Waals surface area contributed by atoms with E-state index in [-0.39, 0.29) is 5.91 Å². The number of rotatable bonds is 6. The van der Waals surface area contributed by atoms with E-state index in [1.54, 1.807) is 0 Å². The van der Waals surface area contributed by atoms with Crippen molar-refractivity contribution in [1.82, 2.24) is 20.8 Å². The molecule has 0 atom stereocenters. The number of anilines is 1. The zero-order chi connectivity index (χ0) is 15.4. The van der Waals surface area contributed by atoms with Crippen molar-refractivity contribution in [2.75, 3.05) is 25.4 Å². The number of hydrogen-bond acceptors (Lipinski definition) is 6. The van der Waals surface area contributed by atoms with Gasteiger partial charge in [0.25, 0.3) is 5.91 Å². The van der Waals surface area contributed by atoms with Crippen LogP contribution in [0.4, 0.5) is 5.69 Å².